The fraction of sp³-hybridized carbons (Fsp3) is 0.0769. The first-order valence-electron chi connectivity index (χ1n) is 4.99. The smallest absolute Gasteiger partial charge is 0.121 e. The molecule has 0 fully saturated rings. The second-order valence-corrected chi connectivity index (χ2v) is 3.62. The third kappa shape index (κ3) is 1.99. The molecular weight excluding hydrogens is 202 g/mol. The highest BCUT2D eigenvalue weighted by Crippen LogP contribution is 2.26. The van der Waals surface area contributed by atoms with Gasteiger partial charge in [0.1, 0.15) is 5.75 Å². The normalized spacial score (nSPS) is 10.3. The van der Waals surface area contributed by atoms with Crippen LogP contribution in [0.2, 0.25) is 0 Å². The van der Waals surface area contributed by atoms with Crippen LogP contribution in [0.3, 0.4) is 0 Å². The monoisotopic (exact) mass is 215 g/mol. The van der Waals surface area contributed by atoms with Crippen LogP contribution in [0.5, 0.6) is 5.75 Å². The fourth-order valence-corrected chi connectivity index (χ4v) is 1.55. The third-order valence-corrected chi connectivity index (χ3v) is 2.50. The van der Waals surface area contributed by atoms with E-state index in [0.29, 0.717) is 11.3 Å². The van der Waals surface area contributed by atoms with Crippen LogP contribution in [0, 0.1) is 0 Å². The van der Waals surface area contributed by atoms with E-state index >= 15 is 0 Å². The highest BCUT2D eigenvalue weighted by atomic mass is 16.3. The molecule has 16 heavy (non-hydrogen) atoms. The van der Waals surface area contributed by atoms with Crippen LogP contribution in [-0.2, 0) is 6.61 Å². The lowest BCUT2D eigenvalue weighted by Gasteiger charge is -2.06. The van der Waals surface area contributed by atoms with Crippen molar-refractivity contribution in [3.8, 4) is 16.9 Å². The Balaban J connectivity index is 2.41. The first kappa shape index (κ1) is 10.5. The van der Waals surface area contributed by atoms with E-state index in [4.69, 9.17) is 10.8 Å². The number of hydrogen-bond donors (Lipinski definition) is 3. The molecular formula is C13H13NO2. The molecule has 0 atom stereocenters. The molecule has 0 amide bonds. The van der Waals surface area contributed by atoms with E-state index in [1.54, 1.807) is 12.1 Å². The Morgan fingerprint density at radius 2 is 1.56 bits per heavy atom. The van der Waals surface area contributed by atoms with Crippen molar-refractivity contribution in [1.29, 1.82) is 0 Å². The molecule has 0 spiro atoms. The lowest BCUT2D eigenvalue weighted by Crippen LogP contribution is -1.86. The molecule has 2 aromatic carbocycles. The Labute approximate surface area is 93.8 Å². The molecule has 4 N–H and O–H groups in total. The molecule has 0 aromatic heterocycles. The number of anilines is 1. The zero-order chi connectivity index (χ0) is 11.5. The van der Waals surface area contributed by atoms with Crippen molar-refractivity contribution in [3.05, 3.63) is 48.0 Å². The SMILES string of the molecule is Nc1ccc(-c2ccc(CO)c(O)c2)cc1. The molecule has 0 aliphatic rings. The van der Waals surface area contributed by atoms with Crippen molar-refractivity contribution in [2.75, 3.05) is 5.73 Å². The number of hydrogen-bond acceptors (Lipinski definition) is 3. The molecule has 3 heteroatoms. The number of nitrogens with two attached hydrogens (primary N) is 1. The van der Waals surface area contributed by atoms with E-state index in [1.807, 2.05) is 30.3 Å². The lowest BCUT2D eigenvalue weighted by atomic mass is 10.0. The van der Waals surface area contributed by atoms with Gasteiger partial charge in [-0.2, -0.15) is 0 Å². The number of benzene rings is 2. The van der Waals surface area contributed by atoms with Gasteiger partial charge >= 0.3 is 0 Å². The fourth-order valence-electron chi connectivity index (χ4n) is 1.55. The van der Waals surface area contributed by atoms with Crippen LogP contribution < -0.4 is 5.73 Å². The highest BCUT2D eigenvalue weighted by Gasteiger charge is 2.03. The average Bonchev–Trinajstić information content (AvgIpc) is 2.30. The summed E-state index contributed by atoms with van der Waals surface area (Å²) in [7, 11) is 0. The minimum Gasteiger partial charge on any atom is -0.508 e. The predicted octanol–water partition coefficient (Wildman–Crippen LogP) is 2.13. The van der Waals surface area contributed by atoms with Crippen LogP contribution in [0.1, 0.15) is 5.56 Å². The van der Waals surface area contributed by atoms with E-state index in [1.165, 1.54) is 0 Å². The number of aromatic hydroxyl groups is 1. The van der Waals surface area contributed by atoms with Gasteiger partial charge in [-0.3, -0.25) is 0 Å². The molecule has 3 nitrogen and oxygen atoms in total. The summed E-state index contributed by atoms with van der Waals surface area (Å²) in [5.41, 5.74) is 8.71. The van der Waals surface area contributed by atoms with Crippen molar-refractivity contribution in [2.45, 2.75) is 6.61 Å². The van der Waals surface area contributed by atoms with Gasteiger partial charge in [0.25, 0.3) is 0 Å². The molecule has 0 bridgehead atoms. The van der Waals surface area contributed by atoms with Crippen molar-refractivity contribution in [2.24, 2.45) is 0 Å². The molecule has 0 unspecified atom stereocenters. The first-order valence-corrected chi connectivity index (χ1v) is 4.99. The van der Waals surface area contributed by atoms with E-state index < -0.39 is 0 Å². The standard InChI is InChI=1S/C13H13NO2/c14-12-5-3-9(4-6-12)10-1-2-11(8-15)13(16)7-10/h1-7,15-16H,8,14H2. The van der Waals surface area contributed by atoms with Crippen molar-refractivity contribution < 1.29 is 10.2 Å². The van der Waals surface area contributed by atoms with Gasteiger partial charge in [0.05, 0.1) is 6.61 Å². The van der Waals surface area contributed by atoms with Crippen LogP contribution >= 0.6 is 0 Å². The summed E-state index contributed by atoms with van der Waals surface area (Å²) in [5, 5.41) is 18.6. The number of aliphatic hydroxyl groups excluding tert-OH is 1. The summed E-state index contributed by atoms with van der Waals surface area (Å²) in [6.07, 6.45) is 0. The maximum Gasteiger partial charge on any atom is 0.121 e. The zero-order valence-electron chi connectivity index (χ0n) is 8.72. The van der Waals surface area contributed by atoms with Crippen molar-refractivity contribution in [3.63, 3.8) is 0 Å². The lowest BCUT2D eigenvalue weighted by molar-refractivity contribution is 0.275. The number of aliphatic hydroxyl groups is 1. The minimum atomic E-state index is -0.159. The first-order chi connectivity index (χ1) is 7.70. The summed E-state index contributed by atoms with van der Waals surface area (Å²) < 4.78 is 0. The Morgan fingerprint density at radius 1 is 0.938 bits per heavy atom. The topological polar surface area (TPSA) is 66.5 Å². The van der Waals surface area contributed by atoms with Crippen molar-refractivity contribution >= 4 is 5.69 Å². The third-order valence-electron chi connectivity index (χ3n) is 2.50. The molecule has 0 heterocycles. The Hall–Kier alpha value is -2.00. The molecule has 0 aliphatic carbocycles. The molecule has 2 rings (SSSR count). The van der Waals surface area contributed by atoms with Crippen LogP contribution in [0.25, 0.3) is 11.1 Å². The van der Waals surface area contributed by atoms with Gasteiger partial charge in [0, 0.05) is 11.3 Å². The molecule has 0 saturated carbocycles. The van der Waals surface area contributed by atoms with Gasteiger partial charge < -0.3 is 15.9 Å². The quantitative estimate of drug-likeness (QED) is 0.672. The van der Waals surface area contributed by atoms with E-state index in [0.717, 1.165) is 11.1 Å². The average molecular weight is 215 g/mol. The Bertz CT molecular complexity index is 492. The number of rotatable bonds is 2. The van der Waals surface area contributed by atoms with Gasteiger partial charge in [-0.1, -0.05) is 24.3 Å². The predicted molar refractivity (Wildman–Crippen MR) is 63.9 cm³/mol. The maximum atomic E-state index is 9.62. The van der Waals surface area contributed by atoms with Crippen molar-refractivity contribution in [1.82, 2.24) is 0 Å². The van der Waals surface area contributed by atoms with Gasteiger partial charge in [0.15, 0.2) is 0 Å². The van der Waals surface area contributed by atoms with E-state index in [-0.39, 0.29) is 12.4 Å². The molecule has 82 valence electrons. The van der Waals surface area contributed by atoms with Gasteiger partial charge in [-0.05, 0) is 29.3 Å². The van der Waals surface area contributed by atoms with Crippen LogP contribution in [0.15, 0.2) is 42.5 Å². The summed E-state index contributed by atoms with van der Waals surface area (Å²) in [6, 6.07) is 12.6. The van der Waals surface area contributed by atoms with Gasteiger partial charge in [0.2, 0.25) is 0 Å². The summed E-state index contributed by atoms with van der Waals surface area (Å²) in [5.74, 6) is 0.108. The van der Waals surface area contributed by atoms with E-state index in [2.05, 4.69) is 0 Å². The molecule has 0 aliphatic heterocycles. The summed E-state index contributed by atoms with van der Waals surface area (Å²) >= 11 is 0. The Kier molecular flexibility index (Phi) is 2.79. The highest BCUT2D eigenvalue weighted by molar-refractivity contribution is 5.67. The largest absolute Gasteiger partial charge is 0.508 e. The van der Waals surface area contributed by atoms with Crippen LogP contribution in [0.4, 0.5) is 5.69 Å². The Morgan fingerprint density at radius 3 is 2.12 bits per heavy atom. The van der Waals surface area contributed by atoms with Gasteiger partial charge in [-0.15, -0.1) is 0 Å². The summed E-state index contributed by atoms with van der Waals surface area (Å²) in [6.45, 7) is -0.159. The minimum absolute atomic E-state index is 0.108. The van der Waals surface area contributed by atoms with Gasteiger partial charge in [-0.25, -0.2) is 0 Å². The number of phenols is 1. The maximum absolute atomic E-state index is 9.62. The van der Waals surface area contributed by atoms with E-state index in [9.17, 15) is 5.11 Å². The zero-order valence-corrected chi connectivity index (χ0v) is 8.72. The second kappa shape index (κ2) is 4.24. The summed E-state index contributed by atoms with van der Waals surface area (Å²) in [4.78, 5) is 0. The molecule has 0 saturated heterocycles. The second-order valence-electron chi connectivity index (χ2n) is 3.62. The number of nitrogen functional groups attached to an aromatic ring is 1. The van der Waals surface area contributed by atoms with Crippen LogP contribution in [-0.4, -0.2) is 10.2 Å². The molecule has 2 aromatic rings. The molecule has 0 radical (unpaired) electrons.